The zero-order chi connectivity index (χ0) is 19.5. The Bertz CT molecular complexity index is 616. The molecule has 1 aromatic rings. The Morgan fingerprint density at radius 3 is 2.78 bits per heavy atom. The lowest BCUT2D eigenvalue weighted by Gasteiger charge is -2.26. The molecule has 1 atom stereocenters. The van der Waals surface area contributed by atoms with Gasteiger partial charge in [0.15, 0.2) is 5.78 Å². The highest BCUT2D eigenvalue weighted by atomic mass is 16.5. The summed E-state index contributed by atoms with van der Waals surface area (Å²) in [5, 5.41) is 6.37. The van der Waals surface area contributed by atoms with Gasteiger partial charge in [0.2, 0.25) is 5.91 Å². The fourth-order valence-electron chi connectivity index (χ4n) is 3.43. The lowest BCUT2D eigenvalue weighted by Crippen LogP contribution is -2.29. The summed E-state index contributed by atoms with van der Waals surface area (Å²) in [5.74, 6) is 1.10. The van der Waals surface area contributed by atoms with E-state index in [9.17, 15) is 9.59 Å². The second-order valence-electron chi connectivity index (χ2n) is 7.37. The third-order valence-corrected chi connectivity index (χ3v) is 4.96. The predicted octanol–water partition coefficient (Wildman–Crippen LogP) is 3.79. The number of Topliss-reactive ketones (excluding diaryl/α,β-unsaturated/α-hetero) is 1. The zero-order valence-corrected chi connectivity index (χ0v) is 16.8. The summed E-state index contributed by atoms with van der Waals surface area (Å²) in [5.41, 5.74) is 1.75. The molecule has 0 fully saturated rings. The molecule has 2 N–H and O–H groups in total. The molecule has 1 aromatic carbocycles. The first kappa shape index (κ1) is 21.4. The molecule has 1 heterocycles. The van der Waals surface area contributed by atoms with E-state index < -0.39 is 0 Å². The molecule has 0 saturated carbocycles. The smallest absolute Gasteiger partial charge is 0.219 e. The van der Waals surface area contributed by atoms with Gasteiger partial charge in [0.25, 0.3) is 0 Å². The maximum Gasteiger partial charge on any atom is 0.219 e. The van der Waals surface area contributed by atoms with Gasteiger partial charge in [-0.05, 0) is 57.3 Å². The molecule has 2 rings (SSSR count). The van der Waals surface area contributed by atoms with E-state index in [2.05, 4.69) is 17.6 Å². The second kappa shape index (κ2) is 11.8. The first-order valence-electron chi connectivity index (χ1n) is 10.4. The van der Waals surface area contributed by atoms with Crippen LogP contribution in [0.3, 0.4) is 0 Å². The van der Waals surface area contributed by atoms with Gasteiger partial charge in [0.1, 0.15) is 11.9 Å². The van der Waals surface area contributed by atoms with Gasteiger partial charge in [-0.15, -0.1) is 0 Å². The van der Waals surface area contributed by atoms with Crippen LogP contribution >= 0.6 is 0 Å². The number of rotatable bonds is 12. The second-order valence-corrected chi connectivity index (χ2v) is 7.37. The number of unbranched alkanes of at least 4 members (excludes halogenated alkanes) is 2. The Morgan fingerprint density at radius 1 is 1.15 bits per heavy atom. The predicted molar refractivity (Wildman–Crippen MR) is 108 cm³/mol. The fourth-order valence-corrected chi connectivity index (χ4v) is 3.43. The van der Waals surface area contributed by atoms with Gasteiger partial charge in [0, 0.05) is 19.4 Å². The van der Waals surface area contributed by atoms with Crippen molar-refractivity contribution in [2.75, 3.05) is 19.6 Å². The van der Waals surface area contributed by atoms with Gasteiger partial charge in [-0.2, -0.15) is 0 Å². The third kappa shape index (κ3) is 7.33. The Balaban J connectivity index is 1.52. The molecule has 5 nitrogen and oxygen atoms in total. The van der Waals surface area contributed by atoms with Crippen LogP contribution in [0.15, 0.2) is 18.2 Å². The minimum atomic E-state index is -0.0176. The largest absolute Gasteiger partial charge is 0.489 e. The number of carbonyl (C=O) groups is 2. The number of benzene rings is 1. The molecule has 1 unspecified atom stereocenters. The van der Waals surface area contributed by atoms with E-state index in [0.29, 0.717) is 12.8 Å². The quantitative estimate of drug-likeness (QED) is 0.546. The lowest BCUT2D eigenvalue weighted by molar-refractivity contribution is -0.121. The SMILES string of the molecule is CCCCCC(=O)NCCCNCCCC1CC(=O)c2c(C)cccc2O1. The normalized spacial score (nSPS) is 15.9. The van der Waals surface area contributed by atoms with Gasteiger partial charge in [-0.3, -0.25) is 9.59 Å². The molecule has 0 spiro atoms. The molecule has 1 amide bonds. The standard InChI is InChI=1S/C22H34N2O3/c1-3-4-5-12-21(26)24-15-8-14-23-13-7-10-18-16-19(25)22-17(2)9-6-11-20(22)27-18/h6,9,11,18,23H,3-5,7-8,10,12-16H2,1-2H3,(H,24,26). The van der Waals surface area contributed by atoms with Gasteiger partial charge in [-0.25, -0.2) is 0 Å². The highest BCUT2D eigenvalue weighted by Crippen LogP contribution is 2.31. The van der Waals surface area contributed by atoms with Crippen molar-refractivity contribution in [3.63, 3.8) is 0 Å². The van der Waals surface area contributed by atoms with Crippen LogP contribution in [0, 0.1) is 6.92 Å². The number of ketones is 1. The highest BCUT2D eigenvalue weighted by molar-refractivity contribution is 6.01. The van der Waals surface area contributed by atoms with Crippen LogP contribution in [-0.4, -0.2) is 37.4 Å². The van der Waals surface area contributed by atoms with E-state index in [1.165, 1.54) is 0 Å². The number of carbonyl (C=O) groups excluding carboxylic acids is 2. The molecule has 0 bridgehead atoms. The van der Waals surface area contributed by atoms with Gasteiger partial charge < -0.3 is 15.4 Å². The van der Waals surface area contributed by atoms with Crippen molar-refractivity contribution in [3.05, 3.63) is 29.3 Å². The Morgan fingerprint density at radius 2 is 1.96 bits per heavy atom. The van der Waals surface area contributed by atoms with Crippen LogP contribution in [0.4, 0.5) is 0 Å². The summed E-state index contributed by atoms with van der Waals surface area (Å²) in [6, 6.07) is 5.78. The van der Waals surface area contributed by atoms with E-state index >= 15 is 0 Å². The van der Waals surface area contributed by atoms with Crippen molar-refractivity contribution >= 4 is 11.7 Å². The molecule has 150 valence electrons. The number of aryl methyl sites for hydroxylation is 1. The molecule has 1 aliphatic rings. The van der Waals surface area contributed by atoms with Crippen LogP contribution in [0.25, 0.3) is 0 Å². The van der Waals surface area contributed by atoms with Crippen molar-refractivity contribution in [2.45, 2.75) is 71.3 Å². The van der Waals surface area contributed by atoms with Crippen molar-refractivity contribution in [1.82, 2.24) is 10.6 Å². The summed E-state index contributed by atoms with van der Waals surface area (Å²) in [4.78, 5) is 23.9. The summed E-state index contributed by atoms with van der Waals surface area (Å²) in [6.45, 7) is 6.62. The van der Waals surface area contributed by atoms with Gasteiger partial charge in [0.05, 0.1) is 5.56 Å². The first-order chi connectivity index (χ1) is 13.1. The van der Waals surface area contributed by atoms with Crippen molar-refractivity contribution in [3.8, 4) is 5.75 Å². The number of amides is 1. The van der Waals surface area contributed by atoms with E-state index in [4.69, 9.17) is 4.74 Å². The van der Waals surface area contributed by atoms with Crippen LogP contribution in [0.5, 0.6) is 5.75 Å². The highest BCUT2D eigenvalue weighted by Gasteiger charge is 2.27. The van der Waals surface area contributed by atoms with E-state index in [0.717, 1.165) is 75.0 Å². The van der Waals surface area contributed by atoms with Crippen LogP contribution < -0.4 is 15.4 Å². The maximum atomic E-state index is 12.3. The van der Waals surface area contributed by atoms with E-state index in [1.54, 1.807) is 0 Å². The Hall–Kier alpha value is -1.88. The maximum absolute atomic E-state index is 12.3. The minimum absolute atomic E-state index is 0.0176. The molecule has 0 saturated heterocycles. The number of fused-ring (bicyclic) bond motifs is 1. The van der Waals surface area contributed by atoms with Gasteiger partial charge in [-0.1, -0.05) is 31.9 Å². The molecule has 0 aromatic heterocycles. The molecular formula is C22H34N2O3. The average Bonchev–Trinajstić information content (AvgIpc) is 2.64. The van der Waals surface area contributed by atoms with E-state index in [1.807, 2.05) is 25.1 Å². The Kier molecular flexibility index (Phi) is 9.32. The molecular weight excluding hydrogens is 340 g/mol. The molecule has 1 aliphatic heterocycles. The topological polar surface area (TPSA) is 67.4 Å². The summed E-state index contributed by atoms with van der Waals surface area (Å²) in [6.07, 6.45) is 7.13. The zero-order valence-electron chi connectivity index (χ0n) is 16.8. The van der Waals surface area contributed by atoms with Crippen LogP contribution in [-0.2, 0) is 4.79 Å². The van der Waals surface area contributed by atoms with Crippen molar-refractivity contribution in [2.24, 2.45) is 0 Å². The average molecular weight is 375 g/mol. The van der Waals surface area contributed by atoms with Gasteiger partial charge >= 0.3 is 0 Å². The number of hydrogen-bond acceptors (Lipinski definition) is 4. The summed E-state index contributed by atoms with van der Waals surface area (Å²) < 4.78 is 6.00. The molecule has 0 radical (unpaired) electrons. The minimum Gasteiger partial charge on any atom is -0.489 e. The molecule has 5 heteroatoms. The fraction of sp³-hybridized carbons (Fsp3) is 0.636. The van der Waals surface area contributed by atoms with Crippen LogP contribution in [0.2, 0.25) is 0 Å². The number of ether oxygens (including phenoxy) is 1. The third-order valence-electron chi connectivity index (χ3n) is 4.96. The summed E-state index contributed by atoms with van der Waals surface area (Å²) in [7, 11) is 0. The van der Waals surface area contributed by atoms with Crippen molar-refractivity contribution in [1.29, 1.82) is 0 Å². The number of nitrogens with one attached hydrogen (secondary N) is 2. The Labute approximate surface area is 163 Å². The first-order valence-corrected chi connectivity index (χ1v) is 10.4. The summed E-state index contributed by atoms with van der Waals surface area (Å²) >= 11 is 0. The number of hydrogen-bond donors (Lipinski definition) is 2. The molecule has 0 aliphatic carbocycles. The van der Waals surface area contributed by atoms with E-state index in [-0.39, 0.29) is 17.8 Å². The lowest BCUT2D eigenvalue weighted by atomic mass is 9.95. The monoisotopic (exact) mass is 374 g/mol. The van der Waals surface area contributed by atoms with Crippen molar-refractivity contribution < 1.29 is 14.3 Å². The van der Waals surface area contributed by atoms with Crippen LogP contribution in [0.1, 0.15) is 74.2 Å². The molecule has 27 heavy (non-hydrogen) atoms.